The molecule has 1 atom stereocenters. The van der Waals surface area contributed by atoms with Gasteiger partial charge < -0.3 is 20.5 Å². The molecule has 0 radical (unpaired) electrons. The van der Waals surface area contributed by atoms with Gasteiger partial charge in [-0.15, -0.1) is 0 Å². The zero-order chi connectivity index (χ0) is 12.8. The fourth-order valence-electron chi connectivity index (χ4n) is 0.997. The van der Waals surface area contributed by atoms with Gasteiger partial charge >= 0.3 is 6.09 Å². The Morgan fingerprint density at radius 3 is 2.50 bits per heavy atom. The lowest BCUT2D eigenvalue weighted by molar-refractivity contribution is 0.0528. The van der Waals surface area contributed by atoms with Crippen molar-refractivity contribution >= 4 is 6.09 Å². The van der Waals surface area contributed by atoms with Crippen molar-refractivity contribution in [3.8, 4) is 0 Å². The number of amides is 1. The van der Waals surface area contributed by atoms with Gasteiger partial charge in [-0.05, 0) is 27.7 Å². The van der Waals surface area contributed by atoms with Crippen LogP contribution in [0.5, 0.6) is 0 Å². The lowest BCUT2D eigenvalue weighted by Gasteiger charge is -2.20. The smallest absolute Gasteiger partial charge is 0.407 e. The van der Waals surface area contributed by atoms with Crippen LogP contribution in [0, 0.1) is 0 Å². The minimum Gasteiger partial charge on any atom is -0.444 e. The van der Waals surface area contributed by atoms with Crippen LogP contribution in [-0.2, 0) is 4.74 Å². The topological polar surface area (TPSA) is 70.6 Å². The van der Waals surface area contributed by atoms with E-state index in [1.54, 1.807) is 27.7 Å². The van der Waals surface area contributed by atoms with Crippen molar-refractivity contribution in [3.05, 3.63) is 12.3 Å². The molecular weight excluding hydrogens is 208 g/mol. The fraction of sp³-hybridized carbons (Fsp3) is 0.727. The summed E-state index contributed by atoms with van der Waals surface area (Å²) in [5, 5.41) is 14.3. The third-order valence-electron chi connectivity index (χ3n) is 1.51. The van der Waals surface area contributed by atoms with Gasteiger partial charge in [-0.2, -0.15) is 0 Å². The summed E-state index contributed by atoms with van der Waals surface area (Å²) in [5.41, 5.74) is 0.185. The average molecular weight is 230 g/mol. The maximum atomic E-state index is 11.2. The number of carbonyl (C=O) groups excluding carboxylic acids is 1. The molecule has 1 amide bonds. The zero-order valence-electron chi connectivity index (χ0n) is 10.5. The second-order valence-corrected chi connectivity index (χ2v) is 4.60. The maximum Gasteiger partial charge on any atom is 0.407 e. The van der Waals surface area contributed by atoms with Crippen LogP contribution < -0.4 is 10.6 Å². The molecule has 94 valence electrons. The fourth-order valence-corrected chi connectivity index (χ4v) is 0.997. The minimum atomic E-state index is -0.631. The number of aliphatic hydroxyl groups is 1. The number of carbonyl (C=O) groups is 1. The number of hydrogen-bond donors (Lipinski definition) is 3. The largest absolute Gasteiger partial charge is 0.444 e. The molecule has 0 aliphatic heterocycles. The second-order valence-electron chi connectivity index (χ2n) is 4.60. The first-order valence-corrected chi connectivity index (χ1v) is 5.30. The van der Waals surface area contributed by atoms with Crippen molar-refractivity contribution < 1.29 is 14.6 Å². The Morgan fingerprint density at radius 2 is 2.06 bits per heavy atom. The minimum absolute atomic E-state index is 0.424. The Balaban J connectivity index is 3.66. The summed E-state index contributed by atoms with van der Waals surface area (Å²) in [6.07, 6.45) is -0.532. The first-order chi connectivity index (χ1) is 7.20. The van der Waals surface area contributed by atoms with E-state index in [1.807, 2.05) is 0 Å². The van der Waals surface area contributed by atoms with Crippen LogP contribution in [0.3, 0.4) is 0 Å². The van der Waals surface area contributed by atoms with Crippen molar-refractivity contribution in [1.29, 1.82) is 0 Å². The van der Waals surface area contributed by atoms with E-state index in [9.17, 15) is 4.79 Å². The monoisotopic (exact) mass is 230 g/mol. The first-order valence-electron chi connectivity index (χ1n) is 5.30. The Morgan fingerprint density at radius 1 is 1.50 bits per heavy atom. The van der Waals surface area contributed by atoms with Crippen LogP contribution in [0.1, 0.15) is 34.1 Å². The zero-order valence-corrected chi connectivity index (χ0v) is 10.5. The van der Waals surface area contributed by atoms with Crippen molar-refractivity contribution in [1.82, 2.24) is 10.6 Å². The lowest BCUT2D eigenvalue weighted by Crippen LogP contribution is -2.34. The highest BCUT2D eigenvalue weighted by atomic mass is 16.6. The van der Waals surface area contributed by atoms with Crippen molar-refractivity contribution in [3.63, 3.8) is 0 Å². The number of aliphatic hydroxyl groups excluding tert-OH is 1. The first kappa shape index (κ1) is 14.8. The molecule has 0 fully saturated rings. The number of nitrogens with one attached hydrogen (secondary N) is 2. The molecule has 0 spiro atoms. The molecule has 0 heterocycles. The van der Waals surface area contributed by atoms with Crippen molar-refractivity contribution in [2.24, 2.45) is 0 Å². The van der Waals surface area contributed by atoms with Gasteiger partial charge in [-0.3, -0.25) is 0 Å². The van der Waals surface area contributed by atoms with E-state index < -0.39 is 17.9 Å². The molecule has 0 aliphatic carbocycles. The number of alkyl carbamates (subject to hydrolysis) is 1. The SMILES string of the molecule is C=C(CCNC(=O)OC(C)(C)C)NC(C)O. The van der Waals surface area contributed by atoms with E-state index in [1.165, 1.54) is 0 Å². The number of rotatable bonds is 5. The molecule has 0 saturated heterocycles. The Bertz CT molecular complexity index is 244. The molecular formula is C11H22N2O3. The standard InChI is InChI=1S/C11H22N2O3/c1-8(13-9(2)14)6-7-12-10(15)16-11(3,4)5/h9,13-14H,1,6-7H2,2-5H3,(H,12,15). The summed E-state index contributed by atoms with van der Waals surface area (Å²) in [5.74, 6) is 0. The molecule has 5 nitrogen and oxygen atoms in total. The molecule has 16 heavy (non-hydrogen) atoms. The van der Waals surface area contributed by atoms with Crippen LogP contribution in [0.15, 0.2) is 12.3 Å². The van der Waals surface area contributed by atoms with E-state index in [0.717, 1.165) is 0 Å². The van der Waals surface area contributed by atoms with Gasteiger partial charge in [-0.25, -0.2) is 4.79 Å². The summed E-state index contributed by atoms with van der Waals surface area (Å²) in [6, 6.07) is 0. The summed E-state index contributed by atoms with van der Waals surface area (Å²) in [6.45, 7) is 11.1. The predicted molar refractivity (Wildman–Crippen MR) is 62.8 cm³/mol. The van der Waals surface area contributed by atoms with Crippen molar-refractivity contribution in [2.45, 2.75) is 45.9 Å². The molecule has 0 rings (SSSR count). The van der Waals surface area contributed by atoms with Crippen LogP contribution in [0.2, 0.25) is 0 Å². The van der Waals surface area contributed by atoms with Crippen LogP contribution in [-0.4, -0.2) is 29.6 Å². The van der Waals surface area contributed by atoms with E-state index in [4.69, 9.17) is 9.84 Å². The maximum absolute atomic E-state index is 11.2. The highest BCUT2D eigenvalue weighted by Crippen LogP contribution is 2.06. The van der Waals surface area contributed by atoms with Crippen LogP contribution in [0.25, 0.3) is 0 Å². The van der Waals surface area contributed by atoms with Gasteiger partial charge in [0.25, 0.3) is 0 Å². The predicted octanol–water partition coefficient (Wildman–Crippen LogP) is 1.34. The lowest BCUT2D eigenvalue weighted by atomic mass is 10.2. The van der Waals surface area contributed by atoms with E-state index in [0.29, 0.717) is 18.7 Å². The summed E-state index contributed by atoms with van der Waals surface area (Å²) in [7, 11) is 0. The number of hydrogen-bond acceptors (Lipinski definition) is 4. The molecule has 0 aromatic carbocycles. The van der Waals surface area contributed by atoms with Gasteiger partial charge in [0.05, 0.1) is 0 Å². The van der Waals surface area contributed by atoms with Crippen molar-refractivity contribution in [2.75, 3.05) is 6.54 Å². The third kappa shape index (κ3) is 9.33. The average Bonchev–Trinajstić information content (AvgIpc) is 1.98. The Labute approximate surface area is 96.9 Å². The number of ether oxygens (including phenoxy) is 1. The normalized spacial score (nSPS) is 12.8. The molecule has 0 aromatic rings. The van der Waals surface area contributed by atoms with Gasteiger partial charge in [0.1, 0.15) is 11.8 Å². The van der Waals surface area contributed by atoms with Crippen LogP contribution >= 0.6 is 0 Å². The van der Waals surface area contributed by atoms with Gasteiger partial charge in [-0.1, -0.05) is 6.58 Å². The summed E-state index contributed by atoms with van der Waals surface area (Å²) in [4.78, 5) is 11.2. The molecule has 1 unspecified atom stereocenters. The summed E-state index contributed by atoms with van der Waals surface area (Å²) >= 11 is 0. The molecule has 0 aliphatic rings. The second kappa shape index (κ2) is 6.37. The van der Waals surface area contributed by atoms with E-state index in [2.05, 4.69) is 17.2 Å². The van der Waals surface area contributed by atoms with Gasteiger partial charge in [0.15, 0.2) is 0 Å². The van der Waals surface area contributed by atoms with Gasteiger partial charge in [0, 0.05) is 18.7 Å². The highest BCUT2D eigenvalue weighted by molar-refractivity contribution is 5.67. The van der Waals surface area contributed by atoms with E-state index in [-0.39, 0.29) is 0 Å². The molecule has 3 N–H and O–H groups in total. The van der Waals surface area contributed by atoms with Gasteiger partial charge in [0.2, 0.25) is 0 Å². The Kier molecular flexibility index (Phi) is 5.88. The highest BCUT2D eigenvalue weighted by Gasteiger charge is 2.15. The molecule has 0 aromatic heterocycles. The quantitative estimate of drug-likeness (QED) is 0.623. The molecule has 5 heteroatoms. The Hall–Kier alpha value is -1.23. The molecule has 0 saturated carbocycles. The van der Waals surface area contributed by atoms with Crippen LogP contribution in [0.4, 0.5) is 4.79 Å². The molecule has 0 bridgehead atoms. The third-order valence-corrected chi connectivity index (χ3v) is 1.51. The summed E-state index contributed by atoms with van der Waals surface area (Å²) < 4.78 is 5.05. The van der Waals surface area contributed by atoms with E-state index >= 15 is 0 Å².